The van der Waals surface area contributed by atoms with E-state index in [1.807, 2.05) is 31.2 Å². The van der Waals surface area contributed by atoms with E-state index in [0.717, 1.165) is 17.3 Å². The molecule has 0 aliphatic heterocycles. The molecule has 0 radical (unpaired) electrons. The fraction of sp³-hybridized carbons (Fsp3) is 0.571. The van der Waals surface area contributed by atoms with Gasteiger partial charge in [0.1, 0.15) is 0 Å². The Morgan fingerprint density at radius 2 is 1.71 bits per heavy atom. The molecule has 0 saturated carbocycles. The Morgan fingerprint density at radius 1 is 1.12 bits per heavy atom. The first-order valence-corrected chi connectivity index (χ1v) is 6.77. The quantitative estimate of drug-likeness (QED) is 0.748. The first kappa shape index (κ1) is 14.2. The van der Waals surface area contributed by atoms with Crippen molar-refractivity contribution >= 4 is 12.6 Å². The number of hydrogen-bond donors (Lipinski definition) is 1. The van der Waals surface area contributed by atoms with Gasteiger partial charge in [0.2, 0.25) is 0 Å². The Labute approximate surface area is 110 Å². The van der Waals surface area contributed by atoms with Crippen LogP contribution in [0.2, 0.25) is 0 Å². The fourth-order valence-electron chi connectivity index (χ4n) is 1.50. The van der Waals surface area contributed by atoms with Gasteiger partial charge in [-0.05, 0) is 30.7 Å². The zero-order chi connectivity index (χ0) is 12.7. The number of ether oxygens (including phenoxy) is 2. The Hall–Kier alpha value is -0.830. The predicted molar refractivity (Wildman–Crippen MR) is 75.3 cm³/mol. The van der Waals surface area contributed by atoms with E-state index in [0.29, 0.717) is 25.0 Å². The molecule has 0 saturated heterocycles. The minimum absolute atomic E-state index is 0.466. The third-order valence-corrected chi connectivity index (χ3v) is 3.25. The van der Waals surface area contributed by atoms with Crippen molar-refractivity contribution < 1.29 is 9.47 Å². The smallest absolute Gasteiger partial charge is 0.161 e. The molecule has 2 nitrogen and oxygen atoms in total. The molecule has 0 aromatic heterocycles. The number of hydrogen-bond acceptors (Lipinski definition) is 3. The Balaban J connectivity index is 2.61. The Bertz CT molecular complexity index is 326. The summed E-state index contributed by atoms with van der Waals surface area (Å²) in [5.41, 5.74) is 0. The highest BCUT2D eigenvalue weighted by molar-refractivity contribution is 7.80. The van der Waals surface area contributed by atoms with Crippen molar-refractivity contribution in [2.24, 2.45) is 11.8 Å². The second-order valence-electron chi connectivity index (χ2n) is 4.38. The minimum atomic E-state index is 0.466. The Morgan fingerprint density at radius 3 is 2.18 bits per heavy atom. The summed E-state index contributed by atoms with van der Waals surface area (Å²) in [4.78, 5) is 0. The maximum Gasteiger partial charge on any atom is 0.161 e. The van der Waals surface area contributed by atoms with Crippen molar-refractivity contribution in [3.63, 3.8) is 0 Å². The third-order valence-electron chi connectivity index (χ3n) is 2.78. The van der Waals surface area contributed by atoms with Crippen molar-refractivity contribution in [2.75, 3.05) is 19.0 Å². The predicted octanol–water partition coefficient (Wildman–Crippen LogP) is 3.67. The lowest BCUT2D eigenvalue weighted by Crippen LogP contribution is -2.19. The molecule has 1 rings (SSSR count). The van der Waals surface area contributed by atoms with Gasteiger partial charge in [0.15, 0.2) is 11.5 Å². The van der Waals surface area contributed by atoms with E-state index in [1.54, 1.807) is 0 Å². The monoisotopic (exact) mass is 254 g/mol. The van der Waals surface area contributed by atoms with Crippen LogP contribution in [-0.4, -0.2) is 19.0 Å². The fourth-order valence-corrected chi connectivity index (χ4v) is 2.02. The van der Waals surface area contributed by atoms with Gasteiger partial charge in [-0.15, -0.1) is 0 Å². The number of benzene rings is 1. The molecule has 96 valence electrons. The van der Waals surface area contributed by atoms with Crippen LogP contribution in [0.1, 0.15) is 20.8 Å². The lowest BCUT2D eigenvalue weighted by molar-refractivity contribution is 0.214. The van der Waals surface area contributed by atoms with E-state index in [-0.39, 0.29) is 0 Å². The molecule has 1 atom stereocenters. The second kappa shape index (κ2) is 7.49. The minimum Gasteiger partial charge on any atom is -0.490 e. The molecule has 1 unspecified atom stereocenters. The van der Waals surface area contributed by atoms with E-state index in [1.165, 1.54) is 0 Å². The van der Waals surface area contributed by atoms with Crippen LogP contribution in [-0.2, 0) is 0 Å². The topological polar surface area (TPSA) is 18.5 Å². The molecule has 1 aromatic carbocycles. The van der Waals surface area contributed by atoms with Crippen LogP contribution in [0.15, 0.2) is 24.3 Å². The first-order chi connectivity index (χ1) is 8.19. The van der Waals surface area contributed by atoms with E-state index in [2.05, 4.69) is 26.5 Å². The molecule has 0 spiro atoms. The van der Waals surface area contributed by atoms with Gasteiger partial charge in [0.25, 0.3) is 0 Å². The normalized spacial score (nSPS) is 12.5. The van der Waals surface area contributed by atoms with Crippen molar-refractivity contribution in [1.82, 2.24) is 0 Å². The largest absolute Gasteiger partial charge is 0.490 e. The highest BCUT2D eigenvalue weighted by Gasteiger charge is 2.13. The number of rotatable bonds is 7. The van der Waals surface area contributed by atoms with Crippen LogP contribution >= 0.6 is 12.6 Å². The maximum atomic E-state index is 5.83. The molecule has 17 heavy (non-hydrogen) atoms. The van der Waals surface area contributed by atoms with Gasteiger partial charge in [0.05, 0.1) is 13.2 Å². The summed E-state index contributed by atoms with van der Waals surface area (Å²) >= 11 is 4.36. The summed E-state index contributed by atoms with van der Waals surface area (Å²) in [5.74, 6) is 3.52. The van der Waals surface area contributed by atoms with Crippen LogP contribution in [0.25, 0.3) is 0 Å². The average Bonchev–Trinajstić information content (AvgIpc) is 2.32. The third kappa shape index (κ3) is 4.50. The highest BCUT2D eigenvalue weighted by atomic mass is 32.1. The maximum absolute atomic E-state index is 5.83. The second-order valence-corrected chi connectivity index (χ2v) is 4.74. The van der Waals surface area contributed by atoms with Crippen LogP contribution < -0.4 is 9.47 Å². The molecule has 0 heterocycles. The van der Waals surface area contributed by atoms with Crippen LogP contribution in [0.3, 0.4) is 0 Å². The SMILES string of the molecule is CCOc1ccccc1OCC(CS)C(C)C. The number of thiol groups is 1. The van der Waals surface area contributed by atoms with Crippen molar-refractivity contribution in [3.05, 3.63) is 24.3 Å². The zero-order valence-corrected chi connectivity index (χ0v) is 11.7. The Kier molecular flexibility index (Phi) is 6.27. The zero-order valence-electron chi connectivity index (χ0n) is 10.8. The lowest BCUT2D eigenvalue weighted by Gasteiger charge is -2.20. The molecule has 0 amide bonds. The van der Waals surface area contributed by atoms with Gasteiger partial charge >= 0.3 is 0 Å². The summed E-state index contributed by atoms with van der Waals surface area (Å²) in [6.07, 6.45) is 0. The van der Waals surface area contributed by atoms with Gasteiger partial charge < -0.3 is 9.47 Å². The standard InChI is InChI=1S/C14H22O2S/c1-4-15-13-7-5-6-8-14(13)16-9-12(10-17)11(2)3/h5-8,11-12,17H,4,9-10H2,1-3H3. The highest BCUT2D eigenvalue weighted by Crippen LogP contribution is 2.27. The van der Waals surface area contributed by atoms with Crippen LogP contribution in [0.4, 0.5) is 0 Å². The van der Waals surface area contributed by atoms with Crippen LogP contribution in [0.5, 0.6) is 11.5 Å². The molecule has 0 aliphatic carbocycles. The first-order valence-electron chi connectivity index (χ1n) is 6.14. The average molecular weight is 254 g/mol. The van der Waals surface area contributed by atoms with E-state index >= 15 is 0 Å². The van der Waals surface area contributed by atoms with Gasteiger partial charge in [0, 0.05) is 5.92 Å². The molecule has 3 heteroatoms. The van der Waals surface area contributed by atoms with Crippen molar-refractivity contribution in [1.29, 1.82) is 0 Å². The van der Waals surface area contributed by atoms with Crippen molar-refractivity contribution in [3.8, 4) is 11.5 Å². The summed E-state index contributed by atoms with van der Waals surface area (Å²) in [5, 5.41) is 0. The number of para-hydroxylation sites is 2. The lowest BCUT2D eigenvalue weighted by atomic mass is 9.99. The summed E-state index contributed by atoms with van der Waals surface area (Å²) in [7, 11) is 0. The van der Waals surface area contributed by atoms with Gasteiger partial charge in [-0.25, -0.2) is 0 Å². The van der Waals surface area contributed by atoms with Gasteiger partial charge in [-0.2, -0.15) is 12.6 Å². The summed E-state index contributed by atoms with van der Waals surface area (Å²) in [6, 6.07) is 7.80. The van der Waals surface area contributed by atoms with E-state index in [4.69, 9.17) is 9.47 Å². The molecular formula is C14H22O2S. The van der Waals surface area contributed by atoms with Crippen molar-refractivity contribution in [2.45, 2.75) is 20.8 Å². The van der Waals surface area contributed by atoms with Gasteiger partial charge in [-0.3, -0.25) is 0 Å². The van der Waals surface area contributed by atoms with Crippen LogP contribution in [0, 0.1) is 11.8 Å². The summed E-state index contributed by atoms with van der Waals surface area (Å²) < 4.78 is 11.3. The molecular weight excluding hydrogens is 232 g/mol. The van der Waals surface area contributed by atoms with Gasteiger partial charge in [-0.1, -0.05) is 26.0 Å². The van der Waals surface area contributed by atoms with E-state index < -0.39 is 0 Å². The molecule has 1 aromatic rings. The molecule has 0 N–H and O–H groups in total. The molecule has 0 aliphatic rings. The van der Waals surface area contributed by atoms with E-state index in [9.17, 15) is 0 Å². The molecule has 0 bridgehead atoms. The summed E-state index contributed by atoms with van der Waals surface area (Å²) in [6.45, 7) is 7.70. The molecule has 0 fully saturated rings.